The Balaban J connectivity index is 1.98. The zero-order valence-corrected chi connectivity index (χ0v) is 11.4. The summed E-state index contributed by atoms with van der Waals surface area (Å²) in [5.41, 5.74) is 1.92. The summed E-state index contributed by atoms with van der Waals surface area (Å²) in [5.74, 6) is 0. The van der Waals surface area contributed by atoms with Crippen LogP contribution in [0.25, 0.3) is 0 Å². The van der Waals surface area contributed by atoms with Gasteiger partial charge in [-0.2, -0.15) is 0 Å². The number of likely N-dealkylation sites (tertiary alicyclic amines) is 1. The highest BCUT2D eigenvalue weighted by molar-refractivity contribution is 5.33. The molecule has 2 aromatic carbocycles. The largest absolute Gasteiger partial charge is 0.390 e. The van der Waals surface area contributed by atoms with Crippen LogP contribution >= 0.6 is 0 Å². The summed E-state index contributed by atoms with van der Waals surface area (Å²) in [6.45, 7) is 0.267. The highest BCUT2D eigenvalue weighted by atomic mass is 19.3. The quantitative estimate of drug-likeness (QED) is 0.875. The van der Waals surface area contributed by atoms with Gasteiger partial charge >= 0.3 is 0 Å². The third kappa shape index (κ3) is 2.69. The maximum absolute atomic E-state index is 13.2. The monoisotopic (exact) mass is 291 g/mol. The smallest absolute Gasteiger partial charge is 0.256 e. The number of alkyl halides is 2. The van der Waals surface area contributed by atoms with Crippen molar-refractivity contribution in [2.75, 3.05) is 6.54 Å². The Morgan fingerprint density at radius 3 is 1.76 bits per heavy atom. The fourth-order valence-electron chi connectivity index (χ4n) is 2.97. The minimum absolute atomic E-state index is 0.255. The van der Waals surface area contributed by atoms with Crippen LogP contribution in [0.2, 0.25) is 0 Å². The second-order valence-corrected chi connectivity index (χ2v) is 5.31. The molecule has 2 nitrogen and oxygen atoms in total. The Bertz CT molecular complexity index is 532. The maximum atomic E-state index is 13.2. The van der Waals surface area contributed by atoms with Crippen molar-refractivity contribution in [3.63, 3.8) is 0 Å². The molecule has 1 aliphatic heterocycles. The number of β-amino-alcohol motifs (C(OH)–C–C–N with tert-alkyl or cyclic N) is 1. The minimum atomic E-state index is -2.55. The number of rotatable bonds is 4. The van der Waals surface area contributed by atoms with Gasteiger partial charge in [0.15, 0.2) is 0 Å². The van der Waals surface area contributed by atoms with Gasteiger partial charge in [0.25, 0.3) is 6.43 Å². The topological polar surface area (TPSA) is 23.5 Å². The molecule has 0 spiro atoms. The second kappa shape index (κ2) is 5.92. The standard InChI is InChI=1S/C17H17F2NO/c18-17(19)16-14(21)11-20(16)15(12-7-3-1-4-8-12)13-9-5-2-6-10-13/h1-10,14-17,21H,11H2/t14-,16+/m0/s1/i21+2. The molecule has 2 atom stereocenters. The Kier molecular flexibility index (Phi) is 3.99. The summed E-state index contributed by atoms with van der Waals surface area (Å²) < 4.78 is 26.3. The molecule has 21 heavy (non-hydrogen) atoms. The van der Waals surface area contributed by atoms with Gasteiger partial charge in [-0.3, -0.25) is 4.90 Å². The highest BCUT2D eigenvalue weighted by Crippen LogP contribution is 2.37. The van der Waals surface area contributed by atoms with E-state index >= 15 is 0 Å². The molecule has 1 aliphatic rings. The average Bonchev–Trinajstić information content (AvgIpc) is 2.48. The molecule has 1 N–H and O–H groups in total. The molecule has 4 heteroatoms. The number of aliphatic hydroxyl groups excluding tert-OH is 1. The van der Waals surface area contributed by atoms with Crippen molar-refractivity contribution in [1.82, 2.24) is 4.90 Å². The van der Waals surface area contributed by atoms with E-state index in [1.807, 2.05) is 60.7 Å². The molecule has 3 rings (SSSR count). The minimum Gasteiger partial charge on any atom is -0.390 e. The van der Waals surface area contributed by atoms with Crippen molar-refractivity contribution < 1.29 is 13.9 Å². The van der Waals surface area contributed by atoms with Crippen LogP contribution in [0, 0.1) is 0 Å². The van der Waals surface area contributed by atoms with Crippen LogP contribution in [-0.4, -0.2) is 35.1 Å². The molecule has 110 valence electrons. The summed E-state index contributed by atoms with van der Waals surface area (Å²) in [6, 6.07) is 17.8. The number of hydrogen-bond donors (Lipinski definition) is 1. The van der Waals surface area contributed by atoms with E-state index in [1.165, 1.54) is 0 Å². The number of benzene rings is 2. The predicted octanol–water partition coefficient (Wildman–Crippen LogP) is 3.09. The second-order valence-electron chi connectivity index (χ2n) is 5.31. The summed E-state index contributed by atoms with van der Waals surface area (Å²) in [6.07, 6.45) is -3.51. The van der Waals surface area contributed by atoms with Crippen LogP contribution < -0.4 is 0 Å². The first kappa shape index (κ1) is 14.2. The molecular formula is C17H17F2NO. The first-order valence-electron chi connectivity index (χ1n) is 7.00. The van der Waals surface area contributed by atoms with Crippen LogP contribution in [-0.2, 0) is 0 Å². The Morgan fingerprint density at radius 1 is 0.905 bits per heavy atom. The zero-order chi connectivity index (χ0) is 14.8. The Hall–Kier alpha value is -1.78. The van der Waals surface area contributed by atoms with Crippen LogP contribution in [0.4, 0.5) is 8.78 Å². The van der Waals surface area contributed by atoms with Crippen molar-refractivity contribution in [1.29, 1.82) is 0 Å². The van der Waals surface area contributed by atoms with E-state index in [-0.39, 0.29) is 12.6 Å². The van der Waals surface area contributed by atoms with E-state index in [2.05, 4.69) is 0 Å². The Morgan fingerprint density at radius 2 is 1.38 bits per heavy atom. The molecule has 0 unspecified atom stereocenters. The molecule has 0 radical (unpaired) electrons. The van der Waals surface area contributed by atoms with Gasteiger partial charge in [0.05, 0.1) is 18.2 Å². The van der Waals surface area contributed by atoms with E-state index in [9.17, 15) is 13.9 Å². The lowest BCUT2D eigenvalue weighted by atomic mass is 9.89. The van der Waals surface area contributed by atoms with Crippen molar-refractivity contribution in [2.45, 2.75) is 24.6 Å². The van der Waals surface area contributed by atoms with Gasteiger partial charge in [0, 0.05) is 6.54 Å². The molecule has 0 bridgehead atoms. The van der Waals surface area contributed by atoms with E-state index < -0.39 is 18.6 Å². The number of halogens is 2. The Labute approximate surface area is 122 Å². The molecule has 0 saturated carbocycles. The van der Waals surface area contributed by atoms with Gasteiger partial charge in [0.2, 0.25) is 0 Å². The zero-order valence-electron chi connectivity index (χ0n) is 11.4. The van der Waals surface area contributed by atoms with Gasteiger partial charge in [-0.25, -0.2) is 8.78 Å². The van der Waals surface area contributed by atoms with Crippen LogP contribution in [0.5, 0.6) is 0 Å². The number of hydrogen-bond acceptors (Lipinski definition) is 2. The predicted molar refractivity (Wildman–Crippen MR) is 77.2 cm³/mol. The molecule has 0 aliphatic carbocycles. The first-order chi connectivity index (χ1) is 10.2. The van der Waals surface area contributed by atoms with Crippen molar-refractivity contribution in [2.24, 2.45) is 0 Å². The lowest BCUT2D eigenvalue weighted by molar-refractivity contribution is -0.138. The lowest BCUT2D eigenvalue weighted by Gasteiger charge is -2.49. The van der Waals surface area contributed by atoms with Gasteiger partial charge < -0.3 is 5.11 Å². The van der Waals surface area contributed by atoms with Gasteiger partial charge in [-0.05, 0) is 11.1 Å². The summed E-state index contributed by atoms with van der Waals surface area (Å²) in [5, 5.41) is 9.67. The van der Waals surface area contributed by atoms with Crippen LogP contribution in [0.15, 0.2) is 60.7 Å². The molecule has 1 saturated heterocycles. The number of nitrogens with zero attached hydrogens (tertiary/aromatic N) is 1. The van der Waals surface area contributed by atoms with Crippen molar-refractivity contribution >= 4 is 0 Å². The van der Waals surface area contributed by atoms with Crippen molar-refractivity contribution in [3.8, 4) is 0 Å². The average molecular weight is 291 g/mol. The normalized spacial score (nSPS) is 22.5. The van der Waals surface area contributed by atoms with Crippen LogP contribution in [0.1, 0.15) is 17.2 Å². The fourth-order valence-corrected chi connectivity index (χ4v) is 2.97. The first-order valence-corrected chi connectivity index (χ1v) is 7.00. The van der Waals surface area contributed by atoms with E-state index in [0.717, 1.165) is 11.1 Å². The van der Waals surface area contributed by atoms with E-state index in [4.69, 9.17) is 0 Å². The molecule has 1 fully saturated rings. The summed E-state index contributed by atoms with van der Waals surface area (Å²) in [4.78, 5) is 1.68. The summed E-state index contributed by atoms with van der Waals surface area (Å²) >= 11 is 0. The SMILES string of the molecule is [18OH][C@H]1CN(C(c2ccccc2)c2ccccc2)[C@H]1C(F)F. The summed E-state index contributed by atoms with van der Waals surface area (Å²) in [7, 11) is 0. The molecule has 1 heterocycles. The van der Waals surface area contributed by atoms with Gasteiger partial charge in [0.1, 0.15) is 0 Å². The number of aliphatic hydroxyl groups is 1. The third-order valence-corrected chi connectivity index (χ3v) is 4.00. The fraction of sp³-hybridized carbons (Fsp3) is 0.294. The van der Waals surface area contributed by atoms with Gasteiger partial charge in [-0.15, -0.1) is 0 Å². The highest BCUT2D eigenvalue weighted by Gasteiger charge is 2.47. The molecular weight excluding hydrogens is 274 g/mol. The lowest BCUT2D eigenvalue weighted by Crippen LogP contribution is -2.64. The van der Waals surface area contributed by atoms with Gasteiger partial charge in [-0.1, -0.05) is 60.7 Å². The van der Waals surface area contributed by atoms with Crippen LogP contribution in [0.3, 0.4) is 0 Å². The van der Waals surface area contributed by atoms with E-state index in [1.54, 1.807) is 4.90 Å². The molecule has 2 aromatic rings. The molecule has 0 aromatic heterocycles. The van der Waals surface area contributed by atoms with Crippen molar-refractivity contribution in [3.05, 3.63) is 71.8 Å². The molecule has 0 amide bonds. The maximum Gasteiger partial charge on any atom is 0.256 e. The third-order valence-electron chi connectivity index (χ3n) is 4.00. The van der Waals surface area contributed by atoms with E-state index in [0.29, 0.717) is 0 Å².